The van der Waals surface area contributed by atoms with Gasteiger partial charge in [-0.15, -0.1) is 0 Å². The highest BCUT2D eigenvalue weighted by atomic mass is 16.2. The quantitative estimate of drug-likeness (QED) is 0.644. The van der Waals surface area contributed by atoms with Crippen molar-refractivity contribution in [2.24, 2.45) is 23.5 Å². The third kappa shape index (κ3) is 3.87. The number of rotatable bonds is 6. The second-order valence-electron chi connectivity index (χ2n) is 10.1. The van der Waals surface area contributed by atoms with Crippen LogP contribution in [0, 0.1) is 17.8 Å². The molecule has 4 bridgehead atoms. The number of nitrogens with zero attached hydrogens (tertiary/aromatic N) is 3. The normalized spacial score (nSPS) is 27.0. The Morgan fingerprint density at radius 3 is 2.34 bits per heavy atom. The summed E-state index contributed by atoms with van der Waals surface area (Å²) in [6.45, 7) is 4.11. The summed E-state index contributed by atoms with van der Waals surface area (Å²) in [6, 6.07) is 7.84. The molecule has 0 spiro atoms. The molecule has 4 aliphatic rings. The van der Waals surface area contributed by atoms with Crippen molar-refractivity contribution in [2.75, 3.05) is 5.32 Å². The van der Waals surface area contributed by atoms with Gasteiger partial charge in [0.25, 0.3) is 0 Å². The van der Waals surface area contributed by atoms with Gasteiger partial charge in [-0.05, 0) is 62.0 Å². The van der Waals surface area contributed by atoms with Crippen molar-refractivity contribution in [3.05, 3.63) is 30.1 Å². The van der Waals surface area contributed by atoms with E-state index >= 15 is 0 Å². The first-order valence-corrected chi connectivity index (χ1v) is 11.8. The van der Waals surface area contributed by atoms with Gasteiger partial charge in [0, 0.05) is 17.5 Å². The van der Waals surface area contributed by atoms with E-state index in [-0.39, 0.29) is 18.5 Å². The maximum Gasteiger partial charge on any atom is 0.318 e. The highest BCUT2D eigenvalue weighted by Gasteiger charge is 2.48. The van der Waals surface area contributed by atoms with Crippen molar-refractivity contribution in [1.29, 1.82) is 0 Å². The zero-order chi connectivity index (χ0) is 22.4. The second-order valence-corrected chi connectivity index (χ2v) is 10.1. The van der Waals surface area contributed by atoms with Crippen molar-refractivity contribution >= 4 is 28.7 Å². The number of carbonyl (C=O) groups is 2. The summed E-state index contributed by atoms with van der Waals surface area (Å²) in [5.41, 5.74) is 6.36. The van der Waals surface area contributed by atoms with Gasteiger partial charge in [-0.2, -0.15) is 0 Å². The van der Waals surface area contributed by atoms with Crippen LogP contribution in [0.2, 0.25) is 0 Å². The molecule has 3 heterocycles. The number of primary amides is 1. The Labute approximate surface area is 188 Å². The number of fused-ring (bicyclic) bond motifs is 1. The zero-order valence-electron chi connectivity index (χ0n) is 18.8. The van der Waals surface area contributed by atoms with Gasteiger partial charge in [-0.3, -0.25) is 4.79 Å². The number of amides is 3. The molecule has 8 heteroatoms. The van der Waals surface area contributed by atoms with Gasteiger partial charge in [0.1, 0.15) is 11.9 Å². The summed E-state index contributed by atoms with van der Waals surface area (Å²) in [7, 11) is 0. The number of aromatic nitrogens is 2. The molecule has 1 atom stereocenters. The number of nitrogens with one attached hydrogen (secondary N) is 2. The largest absolute Gasteiger partial charge is 0.368 e. The van der Waals surface area contributed by atoms with Crippen LogP contribution in [-0.4, -0.2) is 44.9 Å². The fraction of sp³-hybridized carbons (Fsp3) is 0.583. The molecule has 2 aromatic rings. The maximum atomic E-state index is 13.1. The zero-order valence-corrected chi connectivity index (χ0v) is 18.8. The van der Waals surface area contributed by atoms with Gasteiger partial charge in [-0.1, -0.05) is 26.0 Å². The van der Waals surface area contributed by atoms with Crippen LogP contribution in [0.15, 0.2) is 24.3 Å². The Morgan fingerprint density at radius 1 is 1.06 bits per heavy atom. The van der Waals surface area contributed by atoms with Gasteiger partial charge >= 0.3 is 6.03 Å². The van der Waals surface area contributed by atoms with Gasteiger partial charge in [0.2, 0.25) is 5.91 Å². The molecular formula is C24H32N6O2. The molecule has 2 saturated heterocycles. The average molecular weight is 437 g/mol. The lowest BCUT2D eigenvalue weighted by Crippen LogP contribution is -2.61. The van der Waals surface area contributed by atoms with Gasteiger partial charge in [-0.25, -0.2) is 14.8 Å². The van der Waals surface area contributed by atoms with Gasteiger partial charge in [0.15, 0.2) is 5.82 Å². The number of nitrogens with two attached hydrogens (primary N) is 1. The third-order valence-electron chi connectivity index (χ3n) is 7.42. The van der Waals surface area contributed by atoms with Crippen LogP contribution >= 0.6 is 0 Å². The van der Waals surface area contributed by atoms with Crippen LogP contribution in [0.25, 0.3) is 10.9 Å². The second kappa shape index (κ2) is 8.22. The van der Waals surface area contributed by atoms with E-state index in [1.807, 2.05) is 38.1 Å². The van der Waals surface area contributed by atoms with Gasteiger partial charge in [0.05, 0.1) is 12.1 Å². The Morgan fingerprint density at radius 2 is 1.72 bits per heavy atom. The van der Waals surface area contributed by atoms with Crippen molar-refractivity contribution in [1.82, 2.24) is 20.2 Å². The van der Waals surface area contributed by atoms with Crippen molar-refractivity contribution in [3.8, 4) is 0 Å². The average Bonchev–Trinajstić information content (AvgIpc) is 2.74. The fourth-order valence-corrected chi connectivity index (χ4v) is 6.14. The van der Waals surface area contributed by atoms with E-state index in [2.05, 4.69) is 25.5 Å². The predicted octanol–water partition coefficient (Wildman–Crippen LogP) is 3.02. The first kappa shape index (κ1) is 21.0. The highest BCUT2D eigenvalue weighted by molar-refractivity contribution is 5.92. The minimum atomic E-state index is -0.546. The molecule has 2 aliphatic carbocycles. The van der Waals surface area contributed by atoms with E-state index in [9.17, 15) is 9.59 Å². The van der Waals surface area contributed by atoms with E-state index in [4.69, 9.17) is 5.73 Å². The van der Waals surface area contributed by atoms with E-state index in [1.54, 1.807) is 0 Å². The predicted molar refractivity (Wildman–Crippen MR) is 123 cm³/mol. The molecule has 1 aromatic carbocycles. The number of hydrogen-bond acceptors (Lipinski definition) is 5. The fourth-order valence-electron chi connectivity index (χ4n) is 6.14. The molecule has 0 unspecified atom stereocenters. The summed E-state index contributed by atoms with van der Waals surface area (Å²) in [5, 5.41) is 7.08. The summed E-state index contributed by atoms with van der Waals surface area (Å²) >= 11 is 0. The molecule has 3 amide bonds. The number of hydrogen-bond donors (Lipinski definition) is 3. The monoisotopic (exact) mass is 436 g/mol. The SMILES string of the molecule is CC(C)[C@H](Nc1nc(CNC(=O)N2C3CC4CC(C3)CC2C4)nc2ccccc12)C(N)=O. The van der Waals surface area contributed by atoms with Crippen LogP contribution in [0.4, 0.5) is 10.6 Å². The molecule has 6 rings (SSSR count). The summed E-state index contributed by atoms with van der Waals surface area (Å²) in [6.07, 6.45) is 5.93. The molecule has 0 radical (unpaired) electrons. The van der Waals surface area contributed by atoms with Crippen LogP contribution in [0.3, 0.4) is 0 Å². The lowest BCUT2D eigenvalue weighted by atomic mass is 9.64. The van der Waals surface area contributed by atoms with Crippen molar-refractivity contribution in [3.63, 3.8) is 0 Å². The Balaban J connectivity index is 1.34. The summed E-state index contributed by atoms with van der Waals surface area (Å²) < 4.78 is 0. The number of anilines is 1. The van der Waals surface area contributed by atoms with Crippen LogP contribution in [0.1, 0.15) is 51.8 Å². The number of para-hydroxylation sites is 1. The lowest BCUT2D eigenvalue weighted by molar-refractivity contribution is -0.119. The molecule has 32 heavy (non-hydrogen) atoms. The van der Waals surface area contributed by atoms with Crippen LogP contribution in [0.5, 0.6) is 0 Å². The molecule has 170 valence electrons. The van der Waals surface area contributed by atoms with Gasteiger partial charge < -0.3 is 21.3 Å². The number of urea groups is 1. The third-order valence-corrected chi connectivity index (χ3v) is 7.42. The first-order valence-electron chi connectivity index (χ1n) is 11.8. The number of piperidine rings is 2. The van der Waals surface area contributed by atoms with E-state index in [0.717, 1.165) is 48.4 Å². The van der Waals surface area contributed by atoms with E-state index < -0.39 is 11.9 Å². The molecule has 2 saturated carbocycles. The molecule has 4 N–H and O–H groups in total. The maximum absolute atomic E-state index is 13.1. The Kier molecular flexibility index (Phi) is 5.39. The minimum Gasteiger partial charge on any atom is -0.368 e. The lowest BCUT2D eigenvalue weighted by Gasteiger charge is -2.56. The number of benzene rings is 1. The highest BCUT2D eigenvalue weighted by Crippen LogP contribution is 2.49. The van der Waals surface area contributed by atoms with E-state index in [0.29, 0.717) is 23.7 Å². The first-order chi connectivity index (χ1) is 15.4. The van der Waals surface area contributed by atoms with E-state index in [1.165, 1.54) is 6.42 Å². The topological polar surface area (TPSA) is 113 Å². The van der Waals surface area contributed by atoms with Crippen molar-refractivity contribution < 1.29 is 9.59 Å². The molecule has 4 fully saturated rings. The Hall–Kier alpha value is -2.90. The smallest absolute Gasteiger partial charge is 0.318 e. The van der Waals surface area contributed by atoms with Crippen LogP contribution in [-0.2, 0) is 11.3 Å². The summed E-state index contributed by atoms with van der Waals surface area (Å²) in [5.74, 6) is 2.27. The molecule has 2 aliphatic heterocycles. The summed E-state index contributed by atoms with van der Waals surface area (Å²) in [4.78, 5) is 36.4. The standard InChI is InChI=1S/C24H32N6O2/c1-13(2)21(22(25)31)29-23-18-5-3-4-6-19(18)27-20(28-23)12-26-24(32)30-16-8-14-7-15(10-16)11-17(30)9-14/h3-6,13-17,21H,7-12H2,1-2H3,(H2,25,31)(H,26,32)(H,27,28,29)/t14?,15?,16?,17?,21-/m0/s1. The molecular weight excluding hydrogens is 404 g/mol. The van der Waals surface area contributed by atoms with Crippen LogP contribution < -0.4 is 16.4 Å². The molecule has 8 nitrogen and oxygen atoms in total. The Bertz CT molecular complexity index is 1010. The van der Waals surface area contributed by atoms with Crippen molar-refractivity contribution in [2.45, 2.75) is 70.6 Å². The molecule has 1 aromatic heterocycles. The number of carbonyl (C=O) groups excluding carboxylic acids is 2. The minimum absolute atomic E-state index is 0.00843.